The van der Waals surface area contributed by atoms with Crippen LogP contribution in [0.3, 0.4) is 0 Å². The van der Waals surface area contributed by atoms with E-state index < -0.39 is 0 Å². The first-order valence-electron chi connectivity index (χ1n) is 12.1. The number of anilines is 1. The zero-order valence-corrected chi connectivity index (χ0v) is 20.5. The van der Waals surface area contributed by atoms with Crippen LogP contribution in [-0.2, 0) is 12.3 Å². The average molecular weight is 484 g/mol. The minimum absolute atomic E-state index is 0.110. The van der Waals surface area contributed by atoms with Crippen LogP contribution in [0.2, 0.25) is 0 Å². The van der Waals surface area contributed by atoms with Gasteiger partial charge in [0.1, 0.15) is 0 Å². The van der Waals surface area contributed by atoms with Gasteiger partial charge in [-0.05, 0) is 67.9 Å². The van der Waals surface area contributed by atoms with Crippen molar-refractivity contribution in [1.29, 1.82) is 0 Å². The summed E-state index contributed by atoms with van der Waals surface area (Å²) >= 11 is 1.66. The van der Waals surface area contributed by atoms with Gasteiger partial charge in [-0.1, -0.05) is 66.7 Å². The number of para-hydroxylation sites is 2. The molecule has 6 nitrogen and oxygen atoms in total. The van der Waals surface area contributed by atoms with Crippen molar-refractivity contribution in [2.24, 2.45) is 0 Å². The quantitative estimate of drug-likeness (QED) is 0.321. The highest BCUT2D eigenvalue weighted by Crippen LogP contribution is 2.26. The third-order valence-electron chi connectivity index (χ3n) is 6.14. The zero-order valence-electron chi connectivity index (χ0n) is 19.6. The Morgan fingerprint density at radius 2 is 1.51 bits per heavy atom. The molecule has 7 heteroatoms. The fourth-order valence-electron chi connectivity index (χ4n) is 4.28. The second kappa shape index (κ2) is 11.3. The molecule has 4 aromatic rings. The molecule has 0 unspecified atom stereocenters. The van der Waals surface area contributed by atoms with Crippen molar-refractivity contribution in [3.8, 4) is 5.69 Å². The van der Waals surface area contributed by atoms with Gasteiger partial charge < -0.3 is 5.32 Å². The molecule has 1 aromatic heterocycles. The first-order chi connectivity index (χ1) is 17.3. The van der Waals surface area contributed by atoms with Gasteiger partial charge in [-0.15, -0.1) is 10.2 Å². The van der Waals surface area contributed by atoms with Crippen molar-refractivity contribution >= 4 is 23.4 Å². The van der Waals surface area contributed by atoms with Gasteiger partial charge >= 0.3 is 0 Å². The van der Waals surface area contributed by atoms with Gasteiger partial charge in [-0.25, -0.2) is 0 Å². The molecule has 0 radical (unpaired) electrons. The van der Waals surface area contributed by atoms with Crippen molar-refractivity contribution in [2.75, 3.05) is 18.4 Å². The van der Waals surface area contributed by atoms with Gasteiger partial charge in [0.05, 0.1) is 6.54 Å². The highest BCUT2D eigenvalue weighted by molar-refractivity contribution is 7.98. The van der Waals surface area contributed by atoms with Crippen LogP contribution in [0.25, 0.3) is 5.69 Å². The summed E-state index contributed by atoms with van der Waals surface area (Å²) in [6, 6.07) is 27.6. The van der Waals surface area contributed by atoms with Crippen molar-refractivity contribution in [2.45, 2.75) is 36.7 Å². The molecule has 5 rings (SSSR count). The Kier molecular flexibility index (Phi) is 7.56. The summed E-state index contributed by atoms with van der Waals surface area (Å²) in [5, 5.41) is 12.9. The summed E-state index contributed by atoms with van der Waals surface area (Å²) in [6.07, 6.45) is 3.82. The maximum Gasteiger partial charge on any atom is 0.255 e. The van der Waals surface area contributed by atoms with E-state index >= 15 is 0 Å². The highest BCUT2D eigenvalue weighted by Gasteiger charge is 2.19. The van der Waals surface area contributed by atoms with E-state index in [-0.39, 0.29) is 5.91 Å². The van der Waals surface area contributed by atoms with Crippen molar-refractivity contribution in [3.05, 3.63) is 102 Å². The lowest BCUT2D eigenvalue weighted by Gasteiger charge is -2.26. The second-order valence-corrected chi connectivity index (χ2v) is 9.65. The Morgan fingerprint density at radius 1 is 0.829 bits per heavy atom. The van der Waals surface area contributed by atoms with Crippen molar-refractivity contribution in [1.82, 2.24) is 19.7 Å². The van der Waals surface area contributed by atoms with E-state index in [2.05, 4.69) is 37.1 Å². The minimum Gasteiger partial charge on any atom is -0.322 e. The Balaban J connectivity index is 1.28. The van der Waals surface area contributed by atoms with E-state index in [1.165, 1.54) is 19.3 Å². The third kappa shape index (κ3) is 5.99. The van der Waals surface area contributed by atoms with Crippen molar-refractivity contribution < 1.29 is 4.79 Å². The number of aromatic nitrogens is 3. The molecule has 1 fully saturated rings. The predicted octanol–water partition coefficient (Wildman–Crippen LogP) is 5.80. The largest absolute Gasteiger partial charge is 0.322 e. The molecule has 0 saturated carbocycles. The number of hydrogen-bond acceptors (Lipinski definition) is 5. The summed E-state index contributed by atoms with van der Waals surface area (Å²) in [6.45, 7) is 3.05. The van der Waals surface area contributed by atoms with E-state index in [9.17, 15) is 4.79 Å². The fraction of sp³-hybridized carbons (Fsp3) is 0.250. The summed E-state index contributed by atoms with van der Waals surface area (Å²) in [7, 11) is 0. The number of carbonyl (C=O) groups excluding carboxylic acids is 1. The number of rotatable bonds is 8. The van der Waals surface area contributed by atoms with Crippen LogP contribution in [-0.4, -0.2) is 38.7 Å². The van der Waals surface area contributed by atoms with Gasteiger partial charge in [0.15, 0.2) is 11.0 Å². The van der Waals surface area contributed by atoms with Gasteiger partial charge in [0, 0.05) is 22.7 Å². The molecule has 3 aromatic carbocycles. The monoisotopic (exact) mass is 483 g/mol. The first-order valence-corrected chi connectivity index (χ1v) is 13.0. The molecule has 0 atom stereocenters. The number of likely N-dealkylation sites (tertiary alicyclic amines) is 1. The third-order valence-corrected chi connectivity index (χ3v) is 7.14. The second-order valence-electron chi connectivity index (χ2n) is 8.71. The topological polar surface area (TPSA) is 63.1 Å². The van der Waals surface area contributed by atoms with Crippen LogP contribution in [0.4, 0.5) is 5.69 Å². The van der Waals surface area contributed by atoms with E-state index in [1.54, 1.807) is 11.8 Å². The van der Waals surface area contributed by atoms with Gasteiger partial charge in [0.2, 0.25) is 0 Å². The number of hydrogen-bond donors (Lipinski definition) is 1. The first kappa shape index (κ1) is 23.3. The van der Waals surface area contributed by atoms with E-state index in [4.69, 9.17) is 0 Å². The Hall–Kier alpha value is -3.42. The Labute approximate surface area is 210 Å². The molecule has 0 aliphatic carbocycles. The summed E-state index contributed by atoms with van der Waals surface area (Å²) in [5.74, 6) is 1.62. The number of nitrogens with one attached hydrogen (secondary N) is 1. The molecule has 1 saturated heterocycles. The maximum atomic E-state index is 12.5. The molecule has 178 valence electrons. The Morgan fingerprint density at radius 3 is 2.23 bits per heavy atom. The lowest BCUT2D eigenvalue weighted by molar-refractivity contribution is 0.102. The van der Waals surface area contributed by atoms with E-state index in [1.807, 2.05) is 72.8 Å². The van der Waals surface area contributed by atoms with Crippen LogP contribution in [0.5, 0.6) is 0 Å². The molecule has 2 heterocycles. The SMILES string of the molecule is O=C(Nc1ccccc1)c1ccc(CSc2nnc(CN3CCCCC3)n2-c2ccccc2)cc1. The molecule has 1 amide bonds. The smallest absolute Gasteiger partial charge is 0.255 e. The molecule has 0 spiro atoms. The molecule has 1 aliphatic heterocycles. The predicted molar refractivity (Wildman–Crippen MR) is 141 cm³/mol. The molecule has 0 bridgehead atoms. The average Bonchev–Trinajstić information content (AvgIpc) is 3.31. The summed E-state index contributed by atoms with van der Waals surface area (Å²) < 4.78 is 2.18. The zero-order chi connectivity index (χ0) is 23.9. The number of carbonyl (C=O) groups is 1. The Bertz CT molecular complexity index is 1240. The molecule has 1 N–H and O–H groups in total. The lowest BCUT2D eigenvalue weighted by atomic mass is 10.1. The van der Waals surface area contributed by atoms with Crippen molar-refractivity contribution in [3.63, 3.8) is 0 Å². The van der Waals surface area contributed by atoms with Crippen LogP contribution < -0.4 is 5.32 Å². The standard InChI is InChI=1S/C28H29N5OS/c34-27(29-24-10-4-1-5-11-24)23-16-14-22(15-17-23)21-35-28-31-30-26(20-32-18-8-3-9-19-32)33(28)25-12-6-2-7-13-25/h1-2,4-7,10-17H,3,8-9,18-21H2,(H,29,34). The van der Waals surface area contributed by atoms with E-state index in [0.29, 0.717) is 5.56 Å². The van der Waals surface area contributed by atoms with Gasteiger partial charge in [-0.3, -0.25) is 14.3 Å². The molecular formula is C28H29N5OS. The minimum atomic E-state index is -0.110. The van der Waals surface area contributed by atoms with Crippen LogP contribution in [0.15, 0.2) is 90.1 Å². The normalized spacial score (nSPS) is 14.1. The lowest BCUT2D eigenvalue weighted by Crippen LogP contribution is -2.30. The number of nitrogens with zero attached hydrogens (tertiary/aromatic N) is 4. The van der Waals surface area contributed by atoms with Crippen LogP contribution in [0.1, 0.15) is 41.0 Å². The molecular weight excluding hydrogens is 454 g/mol. The summed E-state index contributed by atoms with van der Waals surface area (Å²) in [4.78, 5) is 15.0. The number of amides is 1. The summed E-state index contributed by atoms with van der Waals surface area (Å²) in [5.41, 5.74) is 3.64. The number of thioether (sulfide) groups is 1. The highest BCUT2D eigenvalue weighted by atomic mass is 32.2. The van der Waals surface area contributed by atoms with Crippen LogP contribution >= 0.6 is 11.8 Å². The van der Waals surface area contributed by atoms with Gasteiger partial charge in [-0.2, -0.15) is 0 Å². The molecule has 35 heavy (non-hydrogen) atoms. The molecule has 1 aliphatic rings. The van der Waals surface area contributed by atoms with Crippen LogP contribution in [0, 0.1) is 0 Å². The van der Waals surface area contributed by atoms with Gasteiger partial charge in [0.25, 0.3) is 5.91 Å². The van der Waals surface area contributed by atoms with E-state index in [0.717, 1.165) is 53.3 Å². The number of piperidine rings is 1. The fourth-order valence-corrected chi connectivity index (χ4v) is 5.20. The number of benzene rings is 3. The maximum absolute atomic E-state index is 12.5.